The van der Waals surface area contributed by atoms with Gasteiger partial charge >= 0.3 is 5.97 Å². The smallest absolute Gasteiger partial charge is 0.356 e. The summed E-state index contributed by atoms with van der Waals surface area (Å²) in [5.41, 5.74) is 0.924. The maximum atomic E-state index is 12.9. The Morgan fingerprint density at radius 3 is 2.93 bits per heavy atom. The van der Waals surface area contributed by atoms with Gasteiger partial charge in [0.1, 0.15) is 5.82 Å². The molecule has 1 aromatic heterocycles. The molecule has 2 rings (SSSR count). The van der Waals surface area contributed by atoms with E-state index in [9.17, 15) is 9.18 Å². The monoisotopic (exact) mass is 195 g/mol. The molecular weight excluding hydrogens is 185 g/mol. The van der Waals surface area contributed by atoms with Crippen LogP contribution < -0.4 is 0 Å². The van der Waals surface area contributed by atoms with E-state index >= 15 is 0 Å². The number of halogens is 1. The van der Waals surface area contributed by atoms with Crippen LogP contribution in [-0.4, -0.2) is 18.1 Å². The summed E-state index contributed by atoms with van der Waals surface area (Å²) in [6, 6.07) is 1.37. The number of nitrogens with zero attached hydrogens (tertiary/aromatic N) is 1. The number of ether oxygens (including phenoxy) is 1. The standard InChI is InChI=1S/C10H10FNO2/c1-14-10(13)9-8(6-2-3-6)4-7(11)5-12-9/h4-6H,2-3H2,1H3. The first-order valence-corrected chi connectivity index (χ1v) is 4.46. The zero-order valence-corrected chi connectivity index (χ0v) is 7.79. The quantitative estimate of drug-likeness (QED) is 0.676. The van der Waals surface area contributed by atoms with Crippen molar-refractivity contribution < 1.29 is 13.9 Å². The predicted octanol–water partition coefficient (Wildman–Crippen LogP) is 1.88. The molecule has 4 heteroatoms. The molecule has 0 amide bonds. The van der Waals surface area contributed by atoms with Gasteiger partial charge in [-0.05, 0) is 30.4 Å². The highest BCUT2D eigenvalue weighted by molar-refractivity contribution is 5.89. The fourth-order valence-corrected chi connectivity index (χ4v) is 1.43. The Labute approximate surface area is 80.9 Å². The number of hydrogen-bond acceptors (Lipinski definition) is 3. The Morgan fingerprint density at radius 1 is 1.64 bits per heavy atom. The van der Waals surface area contributed by atoms with Gasteiger partial charge in [-0.1, -0.05) is 0 Å². The molecule has 1 aliphatic carbocycles. The second-order valence-electron chi connectivity index (χ2n) is 3.36. The summed E-state index contributed by atoms with van der Waals surface area (Å²) in [4.78, 5) is 15.0. The number of carbonyl (C=O) groups excluding carboxylic acids is 1. The van der Waals surface area contributed by atoms with Crippen molar-refractivity contribution in [2.75, 3.05) is 7.11 Å². The van der Waals surface area contributed by atoms with Gasteiger partial charge in [-0.15, -0.1) is 0 Å². The molecule has 0 N–H and O–H groups in total. The van der Waals surface area contributed by atoms with E-state index in [1.165, 1.54) is 13.2 Å². The van der Waals surface area contributed by atoms with Crippen molar-refractivity contribution in [1.29, 1.82) is 0 Å². The van der Waals surface area contributed by atoms with Crippen molar-refractivity contribution in [2.45, 2.75) is 18.8 Å². The Morgan fingerprint density at radius 2 is 2.36 bits per heavy atom. The van der Waals surface area contributed by atoms with Crippen molar-refractivity contribution in [2.24, 2.45) is 0 Å². The number of aromatic nitrogens is 1. The lowest BCUT2D eigenvalue weighted by Gasteiger charge is -2.04. The van der Waals surface area contributed by atoms with Crippen molar-refractivity contribution in [1.82, 2.24) is 4.98 Å². The molecule has 0 spiro atoms. The summed E-state index contributed by atoms with van der Waals surface area (Å²) in [5.74, 6) is -0.612. The zero-order valence-electron chi connectivity index (χ0n) is 7.79. The minimum absolute atomic E-state index is 0.247. The Kier molecular flexibility index (Phi) is 2.19. The van der Waals surface area contributed by atoms with E-state index in [4.69, 9.17) is 0 Å². The zero-order chi connectivity index (χ0) is 10.1. The molecule has 14 heavy (non-hydrogen) atoms. The van der Waals surface area contributed by atoms with Crippen LogP contribution in [0.5, 0.6) is 0 Å². The first kappa shape index (κ1) is 9.12. The predicted molar refractivity (Wildman–Crippen MR) is 47.5 cm³/mol. The molecule has 0 unspecified atom stereocenters. The number of pyridine rings is 1. The molecule has 0 radical (unpaired) electrons. The van der Waals surface area contributed by atoms with Crippen LogP contribution in [0.1, 0.15) is 34.8 Å². The van der Waals surface area contributed by atoms with Crippen molar-refractivity contribution in [3.8, 4) is 0 Å². The third kappa shape index (κ3) is 1.60. The molecule has 1 fully saturated rings. The molecule has 0 saturated heterocycles. The van der Waals surface area contributed by atoms with Crippen LogP contribution in [0.15, 0.2) is 12.3 Å². The molecule has 74 valence electrons. The number of esters is 1. The van der Waals surface area contributed by atoms with E-state index in [0.29, 0.717) is 5.56 Å². The van der Waals surface area contributed by atoms with E-state index < -0.39 is 11.8 Å². The van der Waals surface area contributed by atoms with Crippen LogP contribution in [0.2, 0.25) is 0 Å². The molecule has 0 aliphatic heterocycles. The van der Waals surface area contributed by atoms with Gasteiger partial charge in [0.15, 0.2) is 5.69 Å². The van der Waals surface area contributed by atoms with Crippen LogP contribution in [0.25, 0.3) is 0 Å². The highest BCUT2D eigenvalue weighted by Crippen LogP contribution is 2.41. The summed E-state index contributed by atoms with van der Waals surface area (Å²) >= 11 is 0. The van der Waals surface area contributed by atoms with Gasteiger partial charge in [0.05, 0.1) is 13.3 Å². The van der Waals surface area contributed by atoms with E-state index in [-0.39, 0.29) is 11.6 Å². The summed E-state index contributed by atoms with van der Waals surface area (Å²) in [6.45, 7) is 0. The Balaban J connectivity index is 2.42. The number of hydrogen-bond donors (Lipinski definition) is 0. The van der Waals surface area contributed by atoms with Crippen LogP contribution in [0.4, 0.5) is 4.39 Å². The molecule has 0 bridgehead atoms. The van der Waals surface area contributed by atoms with E-state index in [2.05, 4.69) is 9.72 Å². The molecule has 1 heterocycles. The maximum absolute atomic E-state index is 12.9. The first-order valence-electron chi connectivity index (χ1n) is 4.46. The van der Waals surface area contributed by atoms with E-state index in [0.717, 1.165) is 19.0 Å². The lowest BCUT2D eigenvalue weighted by Crippen LogP contribution is -2.08. The van der Waals surface area contributed by atoms with Gasteiger partial charge in [-0.2, -0.15) is 0 Å². The highest BCUT2D eigenvalue weighted by atomic mass is 19.1. The lowest BCUT2D eigenvalue weighted by molar-refractivity contribution is 0.0592. The summed E-state index contributed by atoms with van der Waals surface area (Å²) < 4.78 is 17.5. The van der Waals surface area contributed by atoms with Crippen LogP contribution in [0, 0.1) is 5.82 Å². The van der Waals surface area contributed by atoms with Crippen molar-refractivity contribution >= 4 is 5.97 Å². The van der Waals surface area contributed by atoms with Gasteiger partial charge in [-0.3, -0.25) is 0 Å². The number of rotatable bonds is 2. The minimum atomic E-state index is -0.494. The number of methoxy groups -OCH3 is 1. The van der Waals surface area contributed by atoms with Crippen LogP contribution in [-0.2, 0) is 4.74 Å². The largest absolute Gasteiger partial charge is 0.464 e. The van der Waals surface area contributed by atoms with Crippen LogP contribution >= 0.6 is 0 Å². The average Bonchev–Trinajstić information content (AvgIpc) is 3.00. The van der Waals surface area contributed by atoms with Gasteiger partial charge in [0, 0.05) is 0 Å². The fourth-order valence-electron chi connectivity index (χ4n) is 1.43. The van der Waals surface area contributed by atoms with Crippen molar-refractivity contribution in [3.05, 3.63) is 29.3 Å². The van der Waals surface area contributed by atoms with Gasteiger partial charge in [0.25, 0.3) is 0 Å². The Hall–Kier alpha value is -1.45. The second kappa shape index (κ2) is 3.36. The lowest BCUT2D eigenvalue weighted by atomic mass is 10.1. The SMILES string of the molecule is COC(=O)c1ncc(F)cc1C1CC1. The normalized spacial score (nSPS) is 15.3. The van der Waals surface area contributed by atoms with Crippen LogP contribution in [0.3, 0.4) is 0 Å². The topological polar surface area (TPSA) is 39.2 Å². The molecule has 1 aromatic rings. The highest BCUT2D eigenvalue weighted by Gasteiger charge is 2.29. The maximum Gasteiger partial charge on any atom is 0.356 e. The van der Waals surface area contributed by atoms with Crippen molar-refractivity contribution in [3.63, 3.8) is 0 Å². The van der Waals surface area contributed by atoms with E-state index in [1.807, 2.05) is 0 Å². The fraction of sp³-hybridized carbons (Fsp3) is 0.400. The first-order chi connectivity index (χ1) is 6.72. The summed E-state index contributed by atoms with van der Waals surface area (Å²) in [5, 5.41) is 0. The number of carbonyl (C=O) groups is 1. The van der Waals surface area contributed by atoms with Gasteiger partial charge < -0.3 is 4.74 Å². The second-order valence-corrected chi connectivity index (χ2v) is 3.36. The summed E-state index contributed by atoms with van der Waals surface area (Å²) in [7, 11) is 1.30. The summed E-state index contributed by atoms with van der Waals surface area (Å²) in [6.07, 6.45) is 3.03. The molecule has 3 nitrogen and oxygen atoms in total. The minimum Gasteiger partial charge on any atom is -0.464 e. The molecule has 1 aliphatic rings. The third-order valence-corrected chi connectivity index (χ3v) is 2.28. The molecule has 0 aromatic carbocycles. The Bertz CT molecular complexity index is 374. The third-order valence-electron chi connectivity index (χ3n) is 2.28. The molecular formula is C10H10FNO2. The van der Waals surface area contributed by atoms with Gasteiger partial charge in [-0.25, -0.2) is 14.2 Å². The van der Waals surface area contributed by atoms with Gasteiger partial charge in [0.2, 0.25) is 0 Å². The molecule has 1 saturated carbocycles. The van der Waals surface area contributed by atoms with E-state index in [1.54, 1.807) is 0 Å². The molecule has 0 atom stereocenters. The average molecular weight is 195 g/mol.